The van der Waals surface area contributed by atoms with Crippen LogP contribution >= 0.6 is 23.2 Å². The maximum Gasteiger partial charge on any atom is 0.251 e. The van der Waals surface area contributed by atoms with Crippen LogP contribution in [0.3, 0.4) is 0 Å². The Balaban J connectivity index is 1.48. The van der Waals surface area contributed by atoms with Gasteiger partial charge in [0.25, 0.3) is 5.91 Å². The molecule has 144 valence electrons. The van der Waals surface area contributed by atoms with Gasteiger partial charge in [0.15, 0.2) is 0 Å². The van der Waals surface area contributed by atoms with Crippen LogP contribution in [0.15, 0.2) is 42.5 Å². The molecule has 1 aliphatic heterocycles. The number of morpholine rings is 1. The first-order valence-corrected chi connectivity index (χ1v) is 9.62. The van der Waals surface area contributed by atoms with Crippen molar-refractivity contribution < 1.29 is 14.3 Å². The normalized spacial score (nSPS) is 14.7. The zero-order valence-electron chi connectivity index (χ0n) is 14.9. The van der Waals surface area contributed by atoms with E-state index in [0.29, 0.717) is 28.8 Å². The molecule has 2 aromatic rings. The van der Waals surface area contributed by atoms with Gasteiger partial charge in [-0.25, -0.2) is 0 Å². The van der Waals surface area contributed by atoms with Crippen LogP contribution in [-0.2, 0) is 11.3 Å². The number of hydrogen-bond acceptors (Lipinski definition) is 4. The standard InChI is InChI=1S/C20H22Cl2N2O3/c21-18-5-4-16(13-19(18)22)20(25)23-14-15-2-1-3-17(12-15)27-11-8-24-6-9-26-10-7-24/h1-5,12-13H,6-11,14H2,(H,23,25). The predicted octanol–water partition coefficient (Wildman–Crippen LogP) is 3.63. The number of benzene rings is 2. The number of carbonyl (C=O) groups is 1. The number of rotatable bonds is 7. The third-order valence-corrected chi connectivity index (χ3v) is 5.05. The third kappa shape index (κ3) is 6.11. The summed E-state index contributed by atoms with van der Waals surface area (Å²) in [6, 6.07) is 12.5. The zero-order valence-corrected chi connectivity index (χ0v) is 16.4. The fourth-order valence-electron chi connectivity index (χ4n) is 2.78. The van der Waals surface area contributed by atoms with Crippen molar-refractivity contribution in [1.82, 2.24) is 10.2 Å². The van der Waals surface area contributed by atoms with Gasteiger partial charge >= 0.3 is 0 Å². The van der Waals surface area contributed by atoms with Crippen LogP contribution in [0.1, 0.15) is 15.9 Å². The lowest BCUT2D eigenvalue weighted by Crippen LogP contribution is -2.38. The van der Waals surface area contributed by atoms with Gasteiger partial charge in [0.05, 0.1) is 23.3 Å². The van der Waals surface area contributed by atoms with Crippen molar-refractivity contribution in [2.24, 2.45) is 0 Å². The topological polar surface area (TPSA) is 50.8 Å². The molecule has 0 bridgehead atoms. The Bertz CT molecular complexity index is 780. The Labute approximate surface area is 169 Å². The number of nitrogens with one attached hydrogen (secondary N) is 1. The molecule has 3 rings (SSSR count). The number of carbonyl (C=O) groups excluding carboxylic acids is 1. The summed E-state index contributed by atoms with van der Waals surface area (Å²) in [7, 11) is 0. The van der Waals surface area contributed by atoms with Crippen LogP contribution in [0.25, 0.3) is 0 Å². The highest BCUT2D eigenvalue weighted by Crippen LogP contribution is 2.22. The Morgan fingerprint density at radius 2 is 1.93 bits per heavy atom. The van der Waals surface area contributed by atoms with E-state index in [1.165, 1.54) is 0 Å². The molecular formula is C20H22Cl2N2O3. The number of ether oxygens (including phenoxy) is 2. The molecular weight excluding hydrogens is 387 g/mol. The monoisotopic (exact) mass is 408 g/mol. The molecule has 0 unspecified atom stereocenters. The van der Waals surface area contributed by atoms with E-state index in [4.69, 9.17) is 32.7 Å². The minimum absolute atomic E-state index is 0.202. The van der Waals surface area contributed by atoms with E-state index in [9.17, 15) is 4.79 Å². The molecule has 0 atom stereocenters. The van der Waals surface area contributed by atoms with E-state index in [1.54, 1.807) is 18.2 Å². The lowest BCUT2D eigenvalue weighted by atomic mass is 10.2. The molecule has 1 saturated heterocycles. The molecule has 7 heteroatoms. The van der Waals surface area contributed by atoms with Gasteiger partial charge in [-0.2, -0.15) is 0 Å². The van der Waals surface area contributed by atoms with Gasteiger partial charge in [0, 0.05) is 31.7 Å². The van der Waals surface area contributed by atoms with Gasteiger partial charge in [0.1, 0.15) is 12.4 Å². The fourth-order valence-corrected chi connectivity index (χ4v) is 3.08. The zero-order chi connectivity index (χ0) is 19.1. The van der Waals surface area contributed by atoms with E-state index in [1.807, 2.05) is 24.3 Å². The molecule has 0 saturated carbocycles. The minimum Gasteiger partial charge on any atom is -0.492 e. The summed E-state index contributed by atoms with van der Waals surface area (Å²) in [4.78, 5) is 14.6. The van der Waals surface area contributed by atoms with Crippen LogP contribution in [-0.4, -0.2) is 50.3 Å². The highest BCUT2D eigenvalue weighted by molar-refractivity contribution is 6.42. The number of halogens is 2. The van der Waals surface area contributed by atoms with E-state index >= 15 is 0 Å². The van der Waals surface area contributed by atoms with E-state index in [-0.39, 0.29) is 5.91 Å². The summed E-state index contributed by atoms with van der Waals surface area (Å²) in [6.07, 6.45) is 0. The van der Waals surface area contributed by atoms with Crippen molar-refractivity contribution in [2.45, 2.75) is 6.54 Å². The van der Waals surface area contributed by atoms with Gasteiger partial charge in [-0.3, -0.25) is 9.69 Å². The van der Waals surface area contributed by atoms with Gasteiger partial charge in [-0.15, -0.1) is 0 Å². The quantitative estimate of drug-likeness (QED) is 0.759. The molecule has 5 nitrogen and oxygen atoms in total. The fraction of sp³-hybridized carbons (Fsp3) is 0.350. The highest BCUT2D eigenvalue weighted by Gasteiger charge is 2.10. The van der Waals surface area contributed by atoms with Crippen LogP contribution in [0.5, 0.6) is 5.75 Å². The third-order valence-electron chi connectivity index (χ3n) is 4.31. The molecule has 1 amide bonds. The molecule has 1 heterocycles. The maximum atomic E-state index is 12.3. The predicted molar refractivity (Wildman–Crippen MR) is 107 cm³/mol. The summed E-state index contributed by atoms with van der Waals surface area (Å²) >= 11 is 11.8. The van der Waals surface area contributed by atoms with E-state index in [2.05, 4.69) is 10.2 Å². The number of nitrogens with zero attached hydrogens (tertiary/aromatic N) is 1. The van der Waals surface area contributed by atoms with Crippen molar-refractivity contribution in [3.05, 3.63) is 63.6 Å². The summed E-state index contributed by atoms with van der Waals surface area (Å²) in [6.45, 7) is 5.37. The molecule has 1 fully saturated rings. The van der Waals surface area contributed by atoms with Crippen LogP contribution in [0.2, 0.25) is 10.0 Å². The summed E-state index contributed by atoms with van der Waals surface area (Å²) in [5.41, 5.74) is 1.44. The van der Waals surface area contributed by atoms with Gasteiger partial charge in [-0.1, -0.05) is 35.3 Å². The largest absolute Gasteiger partial charge is 0.492 e. The van der Waals surface area contributed by atoms with Crippen molar-refractivity contribution in [3.8, 4) is 5.75 Å². The Kier molecular flexibility index (Phi) is 7.35. The lowest BCUT2D eigenvalue weighted by molar-refractivity contribution is 0.0322. The molecule has 2 aromatic carbocycles. The van der Waals surface area contributed by atoms with E-state index < -0.39 is 0 Å². The Hall–Kier alpha value is -1.79. The summed E-state index contributed by atoms with van der Waals surface area (Å²) < 4.78 is 11.2. The Morgan fingerprint density at radius 3 is 2.70 bits per heavy atom. The summed E-state index contributed by atoms with van der Waals surface area (Å²) in [5.74, 6) is 0.594. The molecule has 0 radical (unpaired) electrons. The van der Waals surface area contributed by atoms with Crippen LogP contribution in [0.4, 0.5) is 0 Å². The highest BCUT2D eigenvalue weighted by atomic mass is 35.5. The number of amides is 1. The van der Waals surface area contributed by atoms with Gasteiger partial charge < -0.3 is 14.8 Å². The molecule has 0 aliphatic carbocycles. The second-order valence-corrected chi connectivity index (χ2v) is 7.08. The SMILES string of the molecule is O=C(NCc1cccc(OCCN2CCOCC2)c1)c1ccc(Cl)c(Cl)c1. The van der Waals surface area contributed by atoms with Gasteiger partial charge in [-0.05, 0) is 35.9 Å². The molecule has 0 spiro atoms. The second kappa shape index (κ2) is 9.95. The molecule has 1 aliphatic rings. The van der Waals surface area contributed by atoms with Crippen molar-refractivity contribution in [1.29, 1.82) is 0 Å². The first kappa shape index (κ1) is 20.0. The average molecular weight is 409 g/mol. The molecule has 1 N–H and O–H groups in total. The maximum absolute atomic E-state index is 12.3. The second-order valence-electron chi connectivity index (χ2n) is 6.26. The first-order valence-electron chi connectivity index (χ1n) is 8.87. The van der Waals surface area contributed by atoms with Crippen molar-refractivity contribution in [3.63, 3.8) is 0 Å². The van der Waals surface area contributed by atoms with Gasteiger partial charge in [0.2, 0.25) is 0 Å². The average Bonchev–Trinajstić information content (AvgIpc) is 2.69. The van der Waals surface area contributed by atoms with Crippen molar-refractivity contribution in [2.75, 3.05) is 39.5 Å². The van der Waals surface area contributed by atoms with E-state index in [0.717, 1.165) is 44.2 Å². The number of hydrogen-bond donors (Lipinski definition) is 1. The first-order chi connectivity index (χ1) is 13.1. The van der Waals surface area contributed by atoms with Crippen LogP contribution < -0.4 is 10.1 Å². The molecule has 0 aromatic heterocycles. The molecule has 27 heavy (non-hydrogen) atoms. The minimum atomic E-state index is -0.202. The smallest absolute Gasteiger partial charge is 0.251 e. The summed E-state index contributed by atoms with van der Waals surface area (Å²) in [5, 5.41) is 3.67. The Morgan fingerprint density at radius 1 is 1.11 bits per heavy atom. The van der Waals surface area contributed by atoms with Crippen LogP contribution in [0, 0.1) is 0 Å². The lowest BCUT2D eigenvalue weighted by Gasteiger charge is -2.26. The van der Waals surface area contributed by atoms with Crippen molar-refractivity contribution >= 4 is 29.1 Å².